The number of hydrogen-bond acceptors (Lipinski definition) is 5. The molecule has 0 spiro atoms. The van der Waals surface area contributed by atoms with Crippen LogP contribution in [0, 0.1) is 11.8 Å². The number of rotatable bonds is 4. The van der Waals surface area contributed by atoms with Crippen molar-refractivity contribution >= 4 is 22.7 Å². The number of nitrogens with one attached hydrogen (secondary N) is 2. The van der Waals surface area contributed by atoms with E-state index in [0.717, 1.165) is 36.8 Å². The number of carbonyl (C=O) groups is 2. The Hall–Kier alpha value is -2.46. The maximum Gasteiger partial charge on any atom is 0.393 e. The van der Waals surface area contributed by atoms with Gasteiger partial charge in [0.15, 0.2) is 0 Å². The smallest absolute Gasteiger partial charge is 0.316 e. The van der Waals surface area contributed by atoms with Crippen LogP contribution in [0.3, 0.4) is 0 Å². The third kappa shape index (κ3) is 4.95. The second-order valence-electron chi connectivity index (χ2n) is 10.3. The van der Waals surface area contributed by atoms with E-state index in [9.17, 15) is 22.8 Å². The number of aromatic nitrogens is 2. The molecule has 3 aliphatic heterocycles. The second-order valence-corrected chi connectivity index (χ2v) is 10.3. The minimum absolute atomic E-state index is 0.0240. The van der Waals surface area contributed by atoms with Gasteiger partial charge >= 0.3 is 6.18 Å². The highest BCUT2D eigenvalue weighted by atomic mass is 19.4. The molecule has 2 amide bonds. The number of aryl methyl sites for hydroxylation is 1. The largest absolute Gasteiger partial charge is 0.393 e. The number of hydrogen-bond donors (Lipinski definition) is 2. The van der Waals surface area contributed by atoms with Crippen LogP contribution in [0.4, 0.5) is 13.2 Å². The lowest BCUT2D eigenvalue weighted by Crippen LogP contribution is -2.49. The van der Waals surface area contributed by atoms with E-state index in [1.165, 1.54) is 5.56 Å². The lowest BCUT2D eigenvalue weighted by molar-refractivity contribution is -0.193. The fourth-order valence-electron chi connectivity index (χ4n) is 6.06. The first-order chi connectivity index (χ1) is 16.7. The highest BCUT2D eigenvalue weighted by Gasteiger charge is 2.46. The lowest BCUT2D eigenvalue weighted by atomic mass is 9.84. The first-order valence-corrected chi connectivity index (χ1v) is 12.5. The van der Waals surface area contributed by atoms with Crippen molar-refractivity contribution in [2.45, 2.75) is 50.1 Å². The van der Waals surface area contributed by atoms with Gasteiger partial charge in [-0.2, -0.15) is 18.3 Å². The molecule has 1 aromatic heterocycles. The molecule has 0 aliphatic carbocycles. The zero-order valence-electron chi connectivity index (χ0n) is 19.9. The Morgan fingerprint density at radius 1 is 1.11 bits per heavy atom. The van der Waals surface area contributed by atoms with Gasteiger partial charge in [0.1, 0.15) is 0 Å². The normalized spacial score (nSPS) is 27.4. The quantitative estimate of drug-likeness (QED) is 0.643. The molecule has 3 fully saturated rings. The topological polar surface area (TPSA) is 79.3 Å². The zero-order valence-corrected chi connectivity index (χ0v) is 19.9. The van der Waals surface area contributed by atoms with E-state index in [0.29, 0.717) is 44.0 Å². The van der Waals surface area contributed by atoms with Gasteiger partial charge in [0.05, 0.1) is 23.0 Å². The molecule has 35 heavy (non-hydrogen) atoms. The Morgan fingerprint density at radius 3 is 2.60 bits per heavy atom. The third-order valence-electron chi connectivity index (χ3n) is 8.07. The Morgan fingerprint density at radius 2 is 1.89 bits per heavy atom. The Balaban J connectivity index is 1.25. The van der Waals surface area contributed by atoms with Gasteiger partial charge in [-0.3, -0.25) is 19.6 Å². The van der Waals surface area contributed by atoms with Crippen molar-refractivity contribution in [3.63, 3.8) is 0 Å². The average Bonchev–Trinajstić information content (AvgIpc) is 3.15. The van der Waals surface area contributed by atoms with E-state index in [2.05, 4.69) is 32.8 Å². The van der Waals surface area contributed by atoms with Crippen molar-refractivity contribution in [2.75, 3.05) is 32.7 Å². The third-order valence-corrected chi connectivity index (χ3v) is 8.07. The van der Waals surface area contributed by atoms with Gasteiger partial charge in [0.2, 0.25) is 11.8 Å². The summed E-state index contributed by atoms with van der Waals surface area (Å²) < 4.78 is 42.1. The number of piperidine rings is 3. The van der Waals surface area contributed by atoms with Crippen LogP contribution in [0.5, 0.6) is 0 Å². The molecule has 5 rings (SSSR count). The van der Waals surface area contributed by atoms with Gasteiger partial charge in [-0.1, -0.05) is 12.1 Å². The average molecular weight is 492 g/mol. The minimum Gasteiger partial charge on any atom is -0.316 e. The summed E-state index contributed by atoms with van der Waals surface area (Å²) >= 11 is 0. The summed E-state index contributed by atoms with van der Waals surface area (Å²) in [6.07, 6.45) is -0.996. The molecular weight excluding hydrogens is 459 g/mol. The fourth-order valence-corrected chi connectivity index (χ4v) is 6.06. The molecule has 1 aromatic carbocycles. The highest BCUT2D eigenvalue weighted by Crippen LogP contribution is 2.38. The summed E-state index contributed by atoms with van der Waals surface area (Å²) in [7, 11) is 1.86. The molecule has 3 saturated heterocycles. The van der Waals surface area contributed by atoms with E-state index in [1.807, 2.05) is 13.1 Å². The van der Waals surface area contributed by atoms with Gasteiger partial charge in [-0.25, -0.2) is 0 Å². The number of likely N-dealkylation sites (tertiary alicyclic amines) is 1. The van der Waals surface area contributed by atoms with Crippen molar-refractivity contribution in [1.82, 2.24) is 25.3 Å². The van der Waals surface area contributed by atoms with Crippen molar-refractivity contribution in [2.24, 2.45) is 18.9 Å². The van der Waals surface area contributed by atoms with E-state index in [1.54, 1.807) is 4.68 Å². The number of imide groups is 1. The van der Waals surface area contributed by atoms with Crippen LogP contribution in [0.2, 0.25) is 0 Å². The number of fused-ring (bicyclic) bond motifs is 1. The lowest BCUT2D eigenvalue weighted by Gasteiger charge is -2.39. The summed E-state index contributed by atoms with van der Waals surface area (Å²) in [4.78, 5) is 26.1. The molecule has 190 valence electrons. The first-order valence-electron chi connectivity index (χ1n) is 12.5. The fraction of sp³-hybridized carbons (Fsp3) is 0.640. The summed E-state index contributed by atoms with van der Waals surface area (Å²) in [5.41, 5.74) is 2.85. The predicted octanol–water partition coefficient (Wildman–Crippen LogP) is 3.06. The minimum atomic E-state index is -4.15. The highest BCUT2D eigenvalue weighted by molar-refractivity contribution is 6.02. The summed E-state index contributed by atoms with van der Waals surface area (Å²) in [6.45, 7) is 2.78. The molecule has 0 saturated carbocycles. The van der Waals surface area contributed by atoms with Crippen molar-refractivity contribution < 1.29 is 22.8 Å². The maximum absolute atomic E-state index is 13.4. The molecule has 0 bridgehead atoms. The van der Waals surface area contributed by atoms with Crippen molar-refractivity contribution in [3.8, 4) is 0 Å². The molecule has 1 unspecified atom stereocenters. The van der Waals surface area contributed by atoms with Crippen LogP contribution >= 0.6 is 0 Å². The van der Waals surface area contributed by atoms with Crippen LogP contribution in [0.25, 0.3) is 10.9 Å². The van der Waals surface area contributed by atoms with Crippen LogP contribution in [-0.4, -0.2) is 65.4 Å². The molecule has 2 aromatic rings. The van der Waals surface area contributed by atoms with Crippen molar-refractivity contribution in [3.05, 3.63) is 29.5 Å². The first kappa shape index (κ1) is 24.2. The number of halogens is 3. The molecule has 2 N–H and O–H groups in total. The molecule has 3 aliphatic rings. The SMILES string of the molecule is Cn1nc(C2CCC(=O)NC2=O)c2ccc(C3CCN(C[C@H]4CCNC[C@H]4C(F)(F)F)CC3)cc21. The van der Waals surface area contributed by atoms with Crippen LogP contribution in [0.15, 0.2) is 18.2 Å². The van der Waals surface area contributed by atoms with E-state index in [4.69, 9.17) is 0 Å². The number of alkyl halides is 3. The molecule has 4 heterocycles. The predicted molar refractivity (Wildman–Crippen MR) is 125 cm³/mol. The van der Waals surface area contributed by atoms with Gasteiger partial charge in [-0.15, -0.1) is 0 Å². The van der Waals surface area contributed by atoms with Gasteiger partial charge < -0.3 is 10.2 Å². The second kappa shape index (κ2) is 9.54. The summed E-state index contributed by atoms with van der Waals surface area (Å²) in [6, 6.07) is 6.24. The molecule has 3 atom stereocenters. The standard InChI is InChI=1S/C25H32F3N5O2/c1-32-21-12-16(2-3-18(21)23(31-32)19-4-5-22(34)30-24(19)35)15-7-10-33(11-8-15)14-17-6-9-29-13-20(17)25(26,27)28/h2-3,12,15,17,19-20,29H,4-11,13-14H2,1H3,(H,30,34,35)/t17-,19?,20-/m1/s1. The van der Waals surface area contributed by atoms with Gasteiger partial charge in [-0.05, 0) is 68.8 Å². The van der Waals surface area contributed by atoms with Gasteiger partial charge in [0.25, 0.3) is 0 Å². The number of carbonyl (C=O) groups excluding carboxylic acids is 2. The van der Waals surface area contributed by atoms with E-state index < -0.39 is 18.0 Å². The Bertz CT molecular complexity index is 1110. The molecule has 0 radical (unpaired) electrons. The summed E-state index contributed by atoms with van der Waals surface area (Å²) in [5, 5.41) is 10.9. The Labute approximate surface area is 202 Å². The number of nitrogens with zero attached hydrogens (tertiary/aromatic N) is 3. The monoisotopic (exact) mass is 491 g/mol. The van der Waals surface area contributed by atoms with E-state index >= 15 is 0 Å². The molecule has 10 heteroatoms. The molecule has 7 nitrogen and oxygen atoms in total. The zero-order chi connectivity index (χ0) is 24.7. The van der Waals surface area contributed by atoms with E-state index in [-0.39, 0.29) is 24.3 Å². The van der Waals surface area contributed by atoms with Crippen molar-refractivity contribution in [1.29, 1.82) is 0 Å². The molecular formula is C25H32F3N5O2. The van der Waals surface area contributed by atoms with Crippen LogP contribution < -0.4 is 10.6 Å². The van der Waals surface area contributed by atoms with Crippen LogP contribution in [-0.2, 0) is 16.6 Å². The maximum atomic E-state index is 13.4. The summed E-state index contributed by atoms with van der Waals surface area (Å²) in [5.74, 6) is -2.23. The number of benzene rings is 1. The number of amides is 2. The van der Waals surface area contributed by atoms with Gasteiger partial charge in [0, 0.05) is 31.9 Å². The van der Waals surface area contributed by atoms with Crippen LogP contribution in [0.1, 0.15) is 55.2 Å². The Kier molecular flexibility index (Phi) is 6.61.